The van der Waals surface area contributed by atoms with E-state index in [0.29, 0.717) is 19.3 Å². The number of pyridine rings is 1. The Balaban J connectivity index is 1.55. The van der Waals surface area contributed by atoms with E-state index < -0.39 is 11.4 Å². The molecular weight excluding hydrogens is 384 g/mol. The fourth-order valence-corrected chi connectivity index (χ4v) is 4.77. The van der Waals surface area contributed by atoms with Crippen molar-refractivity contribution in [2.24, 2.45) is 5.41 Å². The maximum Gasteiger partial charge on any atom is 0.310 e. The molecule has 1 aromatic heterocycles. The highest BCUT2D eigenvalue weighted by Gasteiger charge is 2.42. The van der Waals surface area contributed by atoms with Crippen LogP contribution in [0, 0.1) is 19.3 Å². The zero-order valence-electron chi connectivity index (χ0n) is 18.3. The third-order valence-electron chi connectivity index (χ3n) is 6.61. The molecule has 0 atom stereocenters. The molecule has 3 aromatic rings. The average Bonchev–Trinajstić information content (AvgIpc) is 2.76. The monoisotopic (exact) mass is 414 g/mol. The molecular formula is C27H30N2O2. The molecule has 2 heterocycles. The van der Waals surface area contributed by atoms with Gasteiger partial charge in [-0.05, 0) is 80.1 Å². The van der Waals surface area contributed by atoms with Crippen LogP contribution in [-0.4, -0.2) is 34.0 Å². The summed E-state index contributed by atoms with van der Waals surface area (Å²) in [5.41, 5.74) is 6.38. The lowest BCUT2D eigenvalue weighted by molar-refractivity contribution is -0.152. The summed E-state index contributed by atoms with van der Waals surface area (Å²) >= 11 is 0. The molecule has 1 aliphatic heterocycles. The summed E-state index contributed by atoms with van der Waals surface area (Å²) in [4.78, 5) is 19.0. The van der Waals surface area contributed by atoms with Gasteiger partial charge < -0.3 is 5.11 Å². The number of aromatic nitrogens is 1. The molecule has 4 rings (SSSR count). The summed E-state index contributed by atoms with van der Waals surface area (Å²) in [6.45, 7) is 6.62. The molecule has 0 amide bonds. The van der Waals surface area contributed by atoms with E-state index in [9.17, 15) is 9.90 Å². The molecule has 160 valence electrons. The number of aryl methyl sites for hydroxylation is 2. The molecule has 1 aliphatic rings. The first-order valence-electron chi connectivity index (χ1n) is 11.0. The second-order valence-electron chi connectivity index (χ2n) is 8.88. The highest BCUT2D eigenvalue weighted by molar-refractivity contribution is 5.77. The Morgan fingerprint density at radius 1 is 1.03 bits per heavy atom. The summed E-state index contributed by atoms with van der Waals surface area (Å²) in [6, 6.07) is 18.8. The average molecular weight is 415 g/mol. The van der Waals surface area contributed by atoms with Crippen molar-refractivity contribution in [1.29, 1.82) is 0 Å². The second-order valence-corrected chi connectivity index (χ2v) is 8.88. The summed E-state index contributed by atoms with van der Waals surface area (Å²) in [7, 11) is 0. The van der Waals surface area contributed by atoms with Crippen LogP contribution in [0.5, 0.6) is 0 Å². The Morgan fingerprint density at radius 2 is 1.81 bits per heavy atom. The van der Waals surface area contributed by atoms with Gasteiger partial charge in [-0.2, -0.15) is 0 Å². The molecule has 2 aromatic carbocycles. The Labute approximate surface area is 184 Å². The van der Waals surface area contributed by atoms with Crippen LogP contribution < -0.4 is 0 Å². The number of carboxylic acid groups (broad SMARTS) is 1. The Kier molecular flexibility index (Phi) is 6.19. The van der Waals surface area contributed by atoms with Crippen molar-refractivity contribution in [3.63, 3.8) is 0 Å². The predicted molar refractivity (Wildman–Crippen MR) is 124 cm³/mol. The van der Waals surface area contributed by atoms with Crippen molar-refractivity contribution in [3.8, 4) is 11.1 Å². The summed E-state index contributed by atoms with van der Waals surface area (Å²) in [6.07, 6.45) is 5.54. The van der Waals surface area contributed by atoms with E-state index in [1.807, 2.05) is 24.4 Å². The van der Waals surface area contributed by atoms with Crippen LogP contribution in [-0.2, 0) is 17.8 Å². The van der Waals surface area contributed by atoms with Crippen molar-refractivity contribution in [2.75, 3.05) is 13.1 Å². The molecule has 4 heteroatoms. The summed E-state index contributed by atoms with van der Waals surface area (Å²) in [5, 5.41) is 10.2. The van der Waals surface area contributed by atoms with Crippen LogP contribution in [0.3, 0.4) is 0 Å². The van der Waals surface area contributed by atoms with Gasteiger partial charge in [0.15, 0.2) is 0 Å². The molecule has 0 unspecified atom stereocenters. The van der Waals surface area contributed by atoms with Gasteiger partial charge in [-0.25, -0.2) is 0 Å². The quantitative estimate of drug-likeness (QED) is 0.597. The molecule has 1 N–H and O–H groups in total. The van der Waals surface area contributed by atoms with Crippen molar-refractivity contribution in [3.05, 3.63) is 89.2 Å². The lowest BCUT2D eigenvalue weighted by atomic mass is 9.72. The second kappa shape index (κ2) is 9.03. The Hall–Kier alpha value is -2.98. The molecule has 0 bridgehead atoms. The first-order valence-corrected chi connectivity index (χ1v) is 11.0. The number of piperidine rings is 1. The third-order valence-corrected chi connectivity index (χ3v) is 6.61. The number of hydrogen-bond acceptors (Lipinski definition) is 3. The lowest BCUT2D eigenvalue weighted by Crippen LogP contribution is -2.45. The van der Waals surface area contributed by atoms with Crippen LogP contribution in [0.1, 0.15) is 35.1 Å². The molecule has 0 spiro atoms. The third kappa shape index (κ3) is 4.70. The SMILES string of the molecule is Cc1ccc(-c2ccccc2CC2(C(=O)O)CCN(Cc3cccnc3)CC2)c(C)c1. The number of carboxylic acids is 1. The predicted octanol–water partition coefficient (Wildman–Crippen LogP) is 5.27. The van der Waals surface area contributed by atoms with E-state index in [2.05, 4.69) is 60.1 Å². The minimum absolute atomic E-state index is 0.562. The largest absolute Gasteiger partial charge is 0.481 e. The molecule has 1 saturated heterocycles. The number of aliphatic carboxylic acids is 1. The number of carbonyl (C=O) groups is 1. The number of hydrogen-bond donors (Lipinski definition) is 1. The Bertz CT molecular complexity index is 1050. The highest BCUT2D eigenvalue weighted by Crippen LogP contribution is 2.39. The Morgan fingerprint density at radius 3 is 2.48 bits per heavy atom. The zero-order chi connectivity index (χ0) is 21.8. The first kappa shape index (κ1) is 21.3. The van der Waals surface area contributed by atoms with Crippen molar-refractivity contribution in [2.45, 2.75) is 39.7 Å². The summed E-state index contributed by atoms with van der Waals surface area (Å²) in [5.74, 6) is -0.677. The van der Waals surface area contributed by atoms with Gasteiger partial charge in [0.25, 0.3) is 0 Å². The van der Waals surface area contributed by atoms with Crippen molar-refractivity contribution in [1.82, 2.24) is 9.88 Å². The summed E-state index contributed by atoms with van der Waals surface area (Å²) < 4.78 is 0. The fraction of sp³-hybridized carbons (Fsp3) is 0.333. The van der Waals surface area contributed by atoms with Gasteiger partial charge in [-0.3, -0.25) is 14.7 Å². The van der Waals surface area contributed by atoms with Crippen molar-refractivity contribution >= 4 is 5.97 Å². The number of likely N-dealkylation sites (tertiary alicyclic amines) is 1. The van der Waals surface area contributed by atoms with Crippen molar-refractivity contribution < 1.29 is 9.90 Å². The van der Waals surface area contributed by atoms with Crippen LogP contribution >= 0.6 is 0 Å². The normalized spacial score (nSPS) is 16.2. The van der Waals surface area contributed by atoms with E-state index in [4.69, 9.17) is 0 Å². The number of rotatable bonds is 6. The number of benzene rings is 2. The number of nitrogens with zero attached hydrogens (tertiary/aromatic N) is 2. The van der Waals surface area contributed by atoms with Gasteiger partial charge in [-0.1, -0.05) is 54.1 Å². The topological polar surface area (TPSA) is 53.4 Å². The zero-order valence-corrected chi connectivity index (χ0v) is 18.3. The van der Waals surface area contributed by atoms with Crippen LogP contribution in [0.25, 0.3) is 11.1 Å². The standard InChI is InChI=1S/C27H30N2O2/c1-20-9-10-24(21(2)16-20)25-8-4-3-7-23(25)17-27(26(30)31)11-14-29(15-12-27)19-22-6-5-13-28-18-22/h3-10,13,16,18H,11-12,14-15,17,19H2,1-2H3,(H,30,31). The lowest BCUT2D eigenvalue weighted by Gasteiger charge is -2.39. The van der Waals surface area contributed by atoms with E-state index >= 15 is 0 Å². The van der Waals surface area contributed by atoms with E-state index in [1.165, 1.54) is 22.3 Å². The maximum atomic E-state index is 12.5. The highest BCUT2D eigenvalue weighted by atomic mass is 16.4. The first-order chi connectivity index (χ1) is 15.0. The minimum atomic E-state index is -0.722. The van der Waals surface area contributed by atoms with Gasteiger partial charge in [0.2, 0.25) is 0 Å². The molecule has 1 fully saturated rings. The van der Waals surface area contributed by atoms with E-state index in [1.54, 1.807) is 6.20 Å². The van der Waals surface area contributed by atoms with Gasteiger partial charge in [0.1, 0.15) is 0 Å². The van der Waals surface area contributed by atoms with Crippen LogP contribution in [0.2, 0.25) is 0 Å². The molecule has 0 aliphatic carbocycles. The smallest absolute Gasteiger partial charge is 0.310 e. The van der Waals surface area contributed by atoms with Gasteiger partial charge in [0, 0.05) is 18.9 Å². The molecule has 0 saturated carbocycles. The van der Waals surface area contributed by atoms with Gasteiger partial charge >= 0.3 is 5.97 Å². The van der Waals surface area contributed by atoms with E-state index in [-0.39, 0.29) is 0 Å². The van der Waals surface area contributed by atoms with Gasteiger partial charge in [-0.15, -0.1) is 0 Å². The van der Waals surface area contributed by atoms with Crippen LogP contribution in [0.4, 0.5) is 0 Å². The minimum Gasteiger partial charge on any atom is -0.481 e. The fourth-order valence-electron chi connectivity index (χ4n) is 4.77. The molecule has 4 nitrogen and oxygen atoms in total. The van der Waals surface area contributed by atoms with E-state index in [0.717, 1.165) is 30.8 Å². The molecule has 31 heavy (non-hydrogen) atoms. The maximum absolute atomic E-state index is 12.5. The van der Waals surface area contributed by atoms with Gasteiger partial charge in [0.05, 0.1) is 5.41 Å². The molecule has 0 radical (unpaired) electrons. The van der Waals surface area contributed by atoms with Crippen LogP contribution in [0.15, 0.2) is 67.0 Å².